The molecule has 72 valence electrons. The molecular formula is C10H14ClNO. The van der Waals surface area contributed by atoms with Gasteiger partial charge in [-0.3, -0.25) is 0 Å². The first-order chi connectivity index (χ1) is 6.26. The maximum Gasteiger partial charge on any atom is 0.198 e. The maximum absolute atomic E-state index is 5.71. The third-order valence-corrected chi connectivity index (χ3v) is 3.04. The Hall–Kier alpha value is -0.500. The van der Waals surface area contributed by atoms with E-state index < -0.39 is 0 Å². The van der Waals surface area contributed by atoms with Crippen LogP contribution in [0, 0.1) is 12.8 Å². The van der Waals surface area contributed by atoms with Gasteiger partial charge in [0.25, 0.3) is 0 Å². The molecule has 0 spiro atoms. The standard InChI is InChI=1S/C10H14ClNO/c1-3-7-4-8(7)10-12-6(2)9(5-11)13-10/h7-8H,3-5H2,1-2H3. The minimum atomic E-state index is 0.433. The highest BCUT2D eigenvalue weighted by atomic mass is 35.5. The summed E-state index contributed by atoms with van der Waals surface area (Å²) in [5, 5.41) is 0. The lowest BCUT2D eigenvalue weighted by Gasteiger charge is -1.89. The summed E-state index contributed by atoms with van der Waals surface area (Å²) in [6.07, 6.45) is 2.46. The monoisotopic (exact) mass is 199 g/mol. The summed E-state index contributed by atoms with van der Waals surface area (Å²) < 4.78 is 5.58. The summed E-state index contributed by atoms with van der Waals surface area (Å²) in [6, 6.07) is 0. The number of rotatable bonds is 3. The predicted octanol–water partition coefficient (Wildman–Crippen LogP) is 3.24. The fraction of sp³-hybridized carbons (Fsp3) is 0.700. The van der Waals surface area contributed by atoms with E-state index in [1.807, 2.05) is 6.92 Å². The second-order valence-electron chi connectivity index (χ2n) is 3.70. The van der Waals surface area contributed by atoms with Gasteiger partial charge in [-0.15, -0.1) is 11.6 Å². The van der Waals surface area contributed by atoms with E-state index >= 15 is 0 Å². The van der Waals surface area contributed by atoms with E-state index in [4.69, 9.17) is 16.0 Å². The van der Waals surface area contributed by atoms with Crippen LogP contribution >= 0.6 is 11.6 Å². The Bertz CT molecular complexity index is 308. The van der Waals surface area contributed by atoms with Gasteiger partial charge in [-0.1, -0.05) is 13.3 Å². The molecular weight excluding hydrogens is 186 g/mol. The molecule has 0 bridgehead atoms. The minimum Gasteiger partial charge on any atom is -0.444 e. The van der Waals surface area contributed by atoms with Crippen LogP contribution in [0.4, 0.5) is 0 Å². The van der Waals surface area contributed by atoms with Crippen LogP contribution in [0.2, 0.25) is 0 Å². The normalized spacial score (nSPS) is 26.4. The van der Waals surface area contributed by atoms with Crippen LogP contribution in [0.1, 0.15) is 43.0 Å². The number of hydrogen-bond donors (Lipinski definition) is 0. The molecule has 2 atom stereocenters. The van der Waals surface area contributed by atoms with Crippen molar-refractivity contribution in [3.8, 4) is 0 Å². The third-order valence-electron chi connectivity index (χ3n) is 2.79. The topological polar surface area (TPSA) is 26.0 Å². The van der Waals surface area contributed by atoms with Crippen LogP contribution in [-0.4, -0.2) is 4.98 Å². The highest BCUT2D eigenvalue weighted by Gasteiger charge is 2.40. The lowest BCUT2D eigenvalue weighted by molar-refractivity contribution is 0.460. The van der Waals surface area contributed by atoms with Gasteiger partial charge in [-0.25, -0.2) is 4.98 Å². The summed E-state index contributed by atoms with van der Waals surface area (Å²) >= 11 is 5.71. The maximum atomic E-state index is 5.71. The summed E-state index contributed by atoms with van der Waals surface area (Å²) in [4.78, 5) is 4.39. The highest BCUT2D eigenvalue weighted by Crippen LogP contribution is 2.49. The molecule has 1 aliphatic carbocycles. The number of nitrogens with zero attached hydrogens (tertiary/aromatic N) is 1. The average molecular weight is 200 g/mol. The largest absolute Gasteiger partial charge is 0.444 e. The van der Waals surface area contributed by atoms with E-state index in [1.165, 1.54) is 12.8 Å². The van der Waals surface area contributed by atoms with Crippen molar-refractivity contribution in [3.63, 3.8) is 0 Å². The highest BCUT2D eigenvalue weighted by molar-refractivity contribution is 6.16. The molecule has 1 saturated carbocycles. The lowest BCUT2D eigenvalue weighted by Crippen LogP contribution is -1.82. The van der Waals surface area contributed by atoms with Crippen LogP contribution in [0.15, 0.2) is 4.42 Å². The Morgan fingerprint density at radius 3 is 2.85 bits per heavy atom. The summed E-state index contributed by atoms with van der Waals surface area (Å²) in [5.41, 5.74) is 0.951. The van der Waals surface area contributed by atoms with E-state index in [0.29, 0.717) is 11.8 Å². The van der Waals surface area contributed by atoms with Gasteiger partial charge in [0.05, 0.1) is 11.6 Å². The predicted molar refractivity (Wildman–Crippen MR) is 51.9 cm³/mol. The van der Waals surface area contributed by atoms with Crippen molar-refractivity contribution in [2.75, 3.05) is 0 Å². The van der Waals surface area contributed by atoms with Crippen LogP contribution in [0.25, 0.3) is 0 Å². The zero-order valence-corrected chi connectivity index (χ0v) is 8.77. The number of aryl methyl sites for hydroxylation is 1. The van der Waals surface area contributed by atoms with Crippen molar-refractivity contribution in [2.45, 2.75) is 38.5 Å². The lowest BCUT2D eigenvalue weighted by atomic mass is 10.2. The van der Waals surface area contributed by atoms with Crippen LogP contribution in [0.3, 0.4) is 0 Å². The fourth-order valence-corrected chi connectivity index (χ4v) is 1.98. The van der Waals surface area contributed by atoms with Crippen molar-refractivity contribution in [2.24, 2.45) is 5.92 Å². The second kappa shape index (κ2) is 3.33. The zero-order chi connectivity index (χ0) is 9.42. The van der Waals surface area contributed by atoms with E-state index in [0.717, 1.165) is 23.3 Å². The Kier molecular flexibility index (Phi) is 2.33. The number of aromatic nitrogens is 1. The van der Waals surface area contributed by atoms with Crippen molar-refractivity contribution in [1.29, 1.82) is 0 Å². The van der Waals surface area contributed by atoms with Crippen molar-refractivity contribution in [3.05, 3.63) is 17.3 Å². The van der Waals surface area contributed by atoms with Crippen molar-refractivity contribution >= 4 is 11.6 Å². The van der Waals surface area contributed by atoms with Gasteiger partial charge in [-0.05, 0) is 19.3 Å². The fourth-order valence-electron chi connectivity index (χ4n) is 1.73. The summed E-state index contributed by atoms with van der Waals surface area (Å²) in [6.45, 7) is 4.16. The molecule has 1 aliphatic rings. The minimum absolute atomic E-state index is 0.433. The molecule has 0 aromatic carbocycles. The van der Waals surface area contributed by atoms with Crippen molar-refractivity contribution < 1.29 is 4.42 Å². The molecule has 2 nitrogen and oxygen atoms in total. The van der Waals surface area contributed by atoms with Crippen molar-refractivity contribution in [1.82, 2.24) is 4.98 Å². The number of hydrogen-bond acceptors (Lipinski definition) is 2. The van der Waals surface area contributed by atoms with Gasteiger partial charge in [0.15, 0.2) is 5.89 Å². The van der Waals surface area contributed by atoms with Crippen LogP contribution in [-0.2, 0) is 5.88 Å². The molecule has 1 fully saturated rings. The number of alkyl halides is 1. The van der Waals surface area contributed by atoms with Gasteiger partial charge < -0.3 is 4.42 Å². The quantitative estimate of drug-likeness (QED) is 0.699. The SMILES string of the molecule is CCC1CC1c1nc(C)c(CCl)o1. The molecule has 13 heavy (non-hydrogen) atoms. The zero-order valence-electron chi connectivity index (χ0n) is 8.01. The van der Waals surface area contributed by atoms with Gasteiger partial charge in [-0.2, -0.15) is 0 Å². The molecule has 0 radical (unpaired) electrons. The van der Waals surface area contributed by atoms with Crippen LogP contribution in [0.5, 0.6) is 0 Å². The number of oxazole rings is 1. The van der Waals surface area contributed by atoms with E-state index in [9.17, 15) is 0 Å². The third kappa shape index (κ3) is 1.60. The molecule has 0 saturated heterocycles. The molecule has 2 unspecified atom stereocenters. The van der Waals surface area contributed by atoms with Crippen LogP contribution < -0.4 is 0 Å². The molecule has 0 amide bonds. The average Bonchev–Trinajstić information content (AvgIpc) is 2.83. The first kappa shape index (κ1) is 9.07. The van der Waals surface area contributed by atoms with E-state index in [2.05, 4.69) is 11.9 Å². The van der Waals surface area contributed by atoms with Gasteiger partial charge in [0.1, 0.15) is 5.76 Å². The van der Waals surface area contributed by atoms with Gasteiger partial charge in [0, 0.05) is 5.92 Å². The Labute approximate surface area is 83.3 Å². The second-order valence-corrected chi connectivity index (χ2v) is 3.97. The first-order valence-corrected chi connectivity index (χ1v) is 5.31. The number of halogens is 1. The smallest absolute Gasteiger partial charge is 0.198 e. The molecule has 1 aromatic heterocycles. The summed E-state index contributed by atoms with van der Waals surface area (Å²) in [7, 11) is 0. The van der Waals surface area contributed by atoms with Gasteiger partial charge >= 0.3 is 0 Å². The molecule has 2 rings (SSSR count). The molecule has 0 N–H and O–H groups in total. The van der Waals surface area contributed by atoms with E-state index in [1.54, 1.807) is 0 Å². The molecule has 0 aliphatic heterocycles. The molecule has 1 heterocycles. The van der Waals surface area contributed by atoms with E-state index in [-0.39, 0.29) is 0 Å². The van der Waals surface area contributed by atoms with Gasteiger partial charge in [0.2, 0.25) is 0 Å². The first-order valence-electron chi connectivity index (χ1n) is 4.78. The Morgan fingerprint density at radius 1 is 1.62 bits per heavy atom. The molecule has 1 aromatic rings. The Morgan fingerprint density at radius 2 is 2.38 bits per heavy atom. The summed E-state index contributed by atoms with van der Waals surface area (Å²) in [5.74, 6) is 3.53. The Balaban J connectivity index is 2.14. The molecule has 3 heteroatoms.